The highest BCUT2D eigenvalue weighted by Gasteiger charge is 2.05. The molecule has 0 aliphatic carbocycles. The van der Waals surface area contributed by atoms with E-state index in [2.05, 4.69) is 31.2 Å². The maximum absolute atomic E-state index is 5.47. The van der Waals surface area contributed by atoms with Crippen molar-refractivity contribution in [2.45, 2.75) is 6.92 Å². The molecule has 0 amide bonds. The molecule has 15 heavy (non-hydrogen) atoms. The largest absolute Gasteiger partial charge is 0.0788 e. The van der Waals surface area contributed by atoms with Crippen LogP contribution in [0.2, 0.25) is 0 Å². The quantitative estimate of drug-likeness (QED) is 0.539. The van der Waals surface area contributed by atoms with E-state index in [1.165, 1.54) is 5.56 Å². The molecule has 0 spiro atoms. The molecule has 0 aromatic heterocycles. The molecule has 0 aliphatic heterocycles. The fraction of sp³-hybridized carbons (Fsp3) is 0.0714. The summed E-state index contributed by atoms with van der Waals surface area (Å²) in [5.74, 6) is 0. The third-order valence-corrected chi connectivity index (χ3v) is 2.88. The Bertz CT molecular complexity index is 472. The van der Waals surface area contributed by atoms with E-state index in [0.717, 1.165) is 16.0 Å². The van der Waals surface area contributed by atoms with Gasteiger partial charge < -0.3 is 0 Å². The van der Waals surface area contributed by atoms with Crippen LogP contribution in [0.4, 0.5) is 0 Å². The van der Waals surface area contributed by atoms with E-state index in [1.807, 2.05) is 30.3 Å². The second-order valence-electron chi connectivity index (χ2n) is 3.51. The number of thiocarbonyl (C=S) groups is 1. The summed E-state index contributed by atoms with van der Waals surface area (Å²) in [5, 5.41) is 0. The molecule has 0 unspecified atom stereocenters. The first-order chi connectivity index (χ1) is 7.29. The standard InChI is InChI=1S/C14H12S/c1-11-7-5-6-10-13(11)14(15)12-8-3-2-4-9-12/h2-10H,1H3. The zero-order valence-corrected chi connectivity index (χ0v) is 9.42. The van der Waals surface area contributed by atoms with Crippen LogP contribution < -0.4 is 0 Å². The van der Waals surface area contributed by atoms with Gasteiger partial charge in [0, 0.05) is 0 Å². The maximum Gasteiger partial charge on any atom is 0.0524 e. The Balaban J connectivity index is 2.42. The lowest BCUT2D eigenvalue weighted by Crippen LogP contribution is -2.01. The molecule has 0 atom stereocenters. The monoisotopic (exact) mass is 212 g/mol. The number of benzene rings is 2. The molecule has 0 saturated heterocycles. The maximum atomic E-state index is 5.47. The lowest BCUT2D eigenvalue weighted by atomic mass is 10.0. The molecule has 0 nitrogen and oxygen atoms in total. The fourth-order valence-electron chi connectivity index (χ4n) is 1.57. The van der Waals surface area contributed by atoms with Gasteiger partial charge >= 0.3 is 0 Å². The number of aryl methyl sites for hydroxylation is 1. The van der Waals surface area contributed by atoms with Crippen LogP contribution in [0.15, 0.2) is 54.6 Å². The lowest BCUT2D eigenvalue weighted by molar-refractivity contribution is 1.44. The third kappa shape index (κ3) is 2.13. The highest BCUT2D eigenvalue weighted by atomic mass is 32.1. The van der Waals surface area contributed by atoms with Crippen LogP contribution in [0.5, 0.6) is 0 Å². The molecule has 2 rings (SSSR count). The summed E-state index contributed by atoms with van der Waals surface area (Å²) >= 11 is 5.47. The van der Waals surface area contributed by atoms with E-state index in [0.29, 0.717) is 0 Å². The van der Waals surface area contributed by atoms with Gasteiger partial charge in [0.2, 0.25) is 0 Å². The van der Waals surface area contributed by atoms with Gasteiger partial charge in [-0.1, -0.05) is 66.8 Å². The average molecular weight is 212 g/mol. The fourth-order valence-corrected chi connectivity index (χ4v) is 1.94. The van der Waals surface area contributed by atoms with Gasteiger partial charge in [-0.15, -0.1) is 0 Å². The summed E-state index contributed by atoms with van der Waals surface area (Å²) in [6, 6.07) is 18.4. The average Bonchev–Trinajstić information content (AvgIpc) is 2.30. The van der Waals surface area contributed by atoms with Gasteiger partial charge in [0.05, 0.1) is 4.86 Å². The van der Waals surface area contributed by atoms with Crippen molar-refractivity contribution in [3.8, 4) is 0 Å². The summed E-state index contributed by atoms with van der Waals surface area (Å²) < 4.78 is 0. The lowest BCUT2D eigenvalue weighted by Gasteiger charge is -2.06. The van der Waals surface area contributed by atoms with Crippen molar-refractivity contribution < 1.29 is 0 Å². The first kappa shape index (κ1) is 10.1. The van der Waals surface area contributed by atoms with Gasteiger partial charge in [0.25, 0.3) is 0 Å². The summed E-state index contributed by atoms with van der Waals surface area (Å²) in [4.78, 5) is 0.925. The van der Waals surface area contributed by atoms with E-state index in [9.17, 15) is 0 Å². The zero-order chi connectivity index (χ0) is 10.7. The third-order valence-electron chi connectivity index (χ3n) is 2.43. The van der Waals surface area contributed by atoms with Crippen LogP contribution >= 0.6 is 12.2 Å². The van der Waals surface area contributed by atoms with E-state index < -0.39 is 0 Å². The summed E-state index contributed by atoms with van der Waals surface area (Å²) in [5.41, 5.74) is 3.49. The van der Waals surface area contributed by atoms with Gasteiger partial charge in [-0.2, -0.15) is 0 Å². The van der Waals surface area contributed by atoms with Crippen molar-refractivity contribution in [3.05, 3.63) is 71.3 Å². The Labute approximate surface area is 95.6 Å². The van der Waals surface area contributed by atoms with Crippen LogP contribution in [0.3, 0.4) is 0 Å². The highest BCUT2D eigenvalue weighted by Crippen LogP contribution is 2.14. The van der Waals surface area contributed by atoms with Crippen molar-refractivity contribution in [2.24, 2.45) is 0 Å². The first-order valence-electron chi connectivity index (χ1n) is 4.94. The molecule has 1 heteroatoms. The van der Waals surface area contributed by atoms with Crippen molar-refractivity contribution in [1.82, 2.24) is 0 Å². The van der Waals surface area contributed by atoms with Crippen molar-refractivity contribution in [1.29, 1.82) is 0 Å². The second kappa shape index (κ2) is 4.37. The van der Waals surface area contributed by atoms with Crippen molar-refractivity contribution >= 4 is 17.1 Å². The van der Waals surface area contributed by atoms with Crippen LogP contribution in [-0.4, -0.2) is 4.86 Å². The van der Waals surface area contributed by atoms with Crippen LogP contribution in [-0.2, 0) is 0 Å². The minimum Gasteiger partial charge on any atom is -0.0788 e. The normalized spacial score (nSPS) is 9.93. The number of hydrogen-bond donors (Lipinski definition) is 0. The second-order valence-corrected chi connectivity index (χ2v) is 3.92. The molecule has 2 aromatic carbocycles. The SMILES string of the molecule is Cc1ccccc1C(=S)c1ccccc1. The Hall–Kier alpha value is -1.47. The Morgan fingerprint density at radius 1 is 0.867 bits per heavy atom. The predicted molar refractivity (Wildman–Crippen MR) is 68.4 cm³/mol. The Kier molecular flexibility index (Phi) is 2.93. The highest BCUT2D eigenvalue weighted by molar-refractivity contribution is 7.81. The van der Waals surface area contributed by atoms with E-state index >= 15 is 0 Å². The van der Waals surface area contributed by atoms with Crippen molar-refractivity contribution in [2.75, 3.05) is 0 Å². The van der Waals surface area contributed by atoms with Gasteiger partial charge in [-0.3, -0.25) is 0 Å². The van der Waals surface area contributed by atoms with Gasteiger partial charge in [0.1, 0.15) is 0 Å². The molecule has 0 N–H and O–H groups in total. The molecule has 74 valence electrons. The van der Waals surface area contributed by atoms with Crippen LogP contribution in [0, 0.1) is 6.92 Å². The Morgan fingerprint density at radius 2 is 1.47 bits per heavy atom. The minimum absolute atomic E-state index is 0.925. The van der Waals surface area contributed by atoms with Gasteiger partial charge in [-0.25, -0.2) is 0 Å². The molecule has 0 bridgehead atoms. The molecule has 0 radical (unpaired) electrons. The molecule has 0 heterocycles. The molecule has 2 aromatic rings. The topological polar surface area (TPSA) is 0 Å². The summed E-state index contributed by atoms with van der Waals surface area (Å²) in [7, 11) is 0. The summed E-state index contributed by atoms with van der Waals surface area (Å²) in [6.07, 6.45) is 0. The van der Waals surface area contributed by atoms with Crippen molar-refractivity contribution in [3.63, 3.8) is 0 Å². The van der Waals surface area contributed by atoms with Gasteiger partial charge in [0.15, 0.2) is 0 Å². The first-order valence-corrected chi connectivity index (χ1v) is 5.35. The molecular weight excluding hydrogens is 200 g/mol. The van der Waals surface area contributed by atoms with E-state index in [-0.39, 0.29) is 0 Å². The smallest absolute Gasteiger partial charge is 0.0524 e. The minimum atomic E-state index is 0.925. The Morgan fingerprint density at radius 3 is 2.13 bits per heavy atom. The van der Waals surface area contributed by atoms with E-state index in [4.69, 9.17) is 12.2 Å². The predicted octanol–water partition coefficient (Wildman–Crippen LogP) is 3.76. The number of hydrogen-bond acceptors (Lipinski definition) is 1. The molecule has 0 saturated carbocycles. The number of rotatable bonds is 2. The van der Waals surface area contributed by atoms with Gasteiger partial charge in [-0.05, 0) is 23.6 Å². The van der Waals surface area contributed by atoms with Crippen LogP contribution in [0.1, 0.15) is 16.7 Å². The zero-order valence-electron chi connectivity index (χ0n) is 8.60. The summed E-state index contributed by atoms with van der Waals surface area (Å²) in [6.45, 7) is 2.09. The van der Waals surface area contributed by atoms with Crippen LogP contribution in [0.25, 0.3) is 0 Å². The van der Waals surface area contributed by atoms with E-state index in [1.54, 1.807) is 0 Å². The molecular formula is C14H12S. The molecule has 0 fully saturated rings. The molecule has 0 aliphatic rings.